The quantitative estimate of drug-likeness (QED) is 0.872. The number of benzene rings is 1. The molecule has 2 N–H and O–H groups in total. The van der Waals surface area contributed by atoms with Gasteiger partial charge in [0.05, 0.1) is 6.20 Å². The number of hydrogen-bond acceptors (Lipinski definition) is 5. The van der Waals surface area contributed by atoms with Gasteiger partial charge in [-0.25, -0.2) is 8.78 Å². The molecule has 0 bridgehead atoms. The summed E-state index contributed by atoms with van der Waals surface area (Å²) in [6.07, 6.45) is 2.53. The van der Waals surface area contributed by atoms with E-state index in [4.69, 9.17) is 10.5 Å². The summed E-state index contributed by atoms with van der Waals surface area (Å²) < 4.78 is 33.8. The molecule has 4 rings (SSSR count). The van der Waals surface area contributed by atoms with Crippen molar-refractivity contribution in [3.63, 3.8) is 0 Å². The van der Waals surface area contributed by atoms with Crippen molar-refractivity contribution in [2.24, 2.45) is 5.73 Å². The van der Waals surface area contributed by atoms with Crippen LogP contribution in [0.2, 0.25) is 0 Å². The molecule has 2 aliphatic rings. The van der Waals surface area contributed by atoms with Gasteiger partial charge < -0.3 is 10.5 Å². The van der Waals surface area contributed by atoms with E-state index in [-0.39, 0.29) is 29.9 Å². The summed E-state index contributed by atoms with van der Waals surface area (Å²) in [5.74, 6) is 0.475. The van der Waals surface area contributed by atoms with Crippen LogP contribution in [0.25, 0.3) is 0 Å². The Balaban J connectivity index is 1.58. The lowest BCUT2D eigenvalue weighted by molar-refractivity contribution is 0.0362. The first kappa shape index (κ1) is 19.2. The van der Waals surface area contributed by atoms with Gasteiger partial charge in [0.25, 0.3) is 0 Å². The molecule has 5 nitrogen and oxygen atoms in total. The first-order chi connectivity index (χ1) is 13.5. The number of piperidine rings is 1. The second-order valence-corrected chi connectivity index (χ2v) is 8.01. The average molecular weight is 388 g/mol. The number of ether oxygens (including phenoxy) is 1. The van der Waals surface area contributed by atoms with Crippen molar-refractivity contribution >= 4 is 0 Å². The standard InChI is InChI=1S/C21H26F2N4O/c1-13-6-7-25-26-21(13)28-20-9-15(14-2-4-16(22)5-3-14)8-19(20)27-11-17(23)10-18(24)12-27/h2-7,15,17-20H,8-12,24H2,1H3. The summed E-state index contributed by atoms with van der Waals surface area (Å²) >= 11 is 0. The number of nitrogens with zero attached hydrogens (tertiary/aromatic N) is 3. The molecule has 5 atom stereocenters. The molecule has 1 aliphatic heterocycles. The number of aryl methyl sites for hydroxylation is 1. The monoisotopic (exact) mass is 388 g/mol. The smallest absolute Gasteiger partial charge is 0.236 e. The van der Waals surface area contributed by atoms with Gasteiger partial charge in [0.1, 0.15) is 18.1 Å². The Kier molecular flexibility index (Phi) is 5.55. The normalized spacial score (nSPS) is 31.1. The van der Waals surface area contributed by atoms with Crippen molar-refractivity contribution in [2.45, 2.75) is 56.5 Å². The van der Waals surface area contributed by atoms with Crippen LogP contribution < -0.4 is 10.5 Å². The van der Waals surface area contributed by atoms with E-state index >= 15 is 0 Å². The molecule has 0 spiro atoms. The van der Waals surface area contributed by atoms with E-state index in [1.54, 1.807) is 6.20 Å². The number of aromatic nitrogens is 2. The second-order valence-electron chi connectivity index (χ2n) is 8.01. The Bertz CT molecular complexity index is 793. The van der Waals surface area contributed by atoms with Gasteiger partial charge in [-0.05, 0) is 55.9 Å². The fraction of sp³-hybridized carbons (Fsp3) is 0.524. The number of nitrogens with two attached hydrogens (primary N) is 1. The van der Waals surface area contributed by atoms with Gasteiger partial charge in [-0.15, -0.1) is 5.10 Å². The summed E-state index contributed by atoms with van der Waals surface area (Å²) in [6, 6.07) is 8.34. The van der Waals surface area contributed by atoms with Crippen molar-refractivity contribution in [1.82, 2.24) is 15.1 Å². The van der Waals surface area contributed by atoms with E-state index in [0.29, 0.717) is 25.4 Å². The maximum atomic E-state index is 14.2. The number of hydrogen-bond donors (Lipinski definition) is 1. The van der Waals surface area contributed by atoms with E-state index in [9.17, 15) is 8.78 Å². The molecule has 2 aromatic rings. The van der Waals surface area contributed by atoms with Gasteiger partial charge in [0.2, 0.25) is 5.88 Å². The Morgan fingerprint density at radius 1 is 1.11 bits per heavy atom. The van der Waals surface area contributed by atoms with Gasteiger partial charge in [-0.3, -0.25) is 4.90 Å². The van der Waals surface area contributed by atoms with Crippen molar-refractivity contribution in [1.29, 1.82) is 0 Å². The maximum absolute atomic E-state index is 14.2. The van der Waals surface area contributed by atoms with Crippen LogP contribution in [0.3, 0.4) is 0 Å². The summed E-state index contributed by atoms with van der Waals surface area (Å²) in [5, 5.41) is 8.05. The van der Waals surface area contributed by atoms with Crippen LogP contribution in [0.15, 0.2) is 36.5 Å². The predicted octanol–water partition coefficient (Wildman–Crippen LogP) is 2.99. The van der Waals surface area contributed by atoms with Crippen LogP contribution in [-0.2, 0) is 0 Å². The minimum Gasteiger partial charge on any atom is -0.471 e. The van der Waals surface area contributed by atoms with Crippen LogP contribution >= 0.6 is 0 Å². The molecular weight excluding hydrogens is 362 g/mol. The highest BCUT2D eigenvalue weighted by atomic mass is 19.1. The van der Waals surface area contributed by atoms with Crippen LogP contribution in [-0.4, -0.2) is 52.5 Å². The van der Waals surface area contributed by atoms with Gasteiger partial charge in [-0.1, -0.05) is 12.1 Å². The number of rotatable bonds is 4. The third-order valence-corrected chi connectivity index (χ3v) is 5.88. The Morgan fingerprint density at radius 2 is 1.89 bits per heavy atom. The molecule has 0 amide bonds. The lowest BCUT2D eigenvalue weighted by Crippen LogP contribution is -2.54. The first-order valence-corrected chi connectivity index (χ1v) is 9.83. The Hall–Kier alpha value is -2.12. The summed E-state index contributed by atoms with van der Waals surface area (Å²) in [4.78, 5) is 2.12. The van der Waals surface area contributed by atoms with Crippen LogP contribution in [0.4, 0.5) is 8.78 Å². The Labute approximate surface area is 163 Å². The maximum Gasteiger partial charge on any atom is 0.236 e. The minimum absolute atomic E-state index is 0.0288. The summed E-state index contributed by atoms with van der Waals surface area (Å²) in [5.41, 5.74) is 8.07. The SMILES string of the molecule is Cc1ccnnc1OC1CC(c2ccc(F)cc2)CC1N1CC(N)CC(F)C1. The average Bonchev–Trinajstić information content (AvgIpc) is 3.07. The van der Waals surface area contributed by atoms with E-state index in [1.165, 1.54) is 12.1 Å². The van der Waals surface area contributed by atoms with Gasteiger partial charge in [-0.2, -0.15) is 5.10 Å². The van der Waals surface area contributed by atoms with Gasteiger partial charge in [0.15, 0.2) is 0 Å². The molecule has 5 unspecified atom stereocenters. The lowest BCUT2D eigenvalue weighted by Gasteiger charge is -2.39. The van der Waals surface area contributed by atoms with Crippen LogP contribution in [0.1, 0.15) is 36.3 Å². The van der Waals surface area contributed by atoms with Crippen molar-refractivity contribution < 1.29 is 13.5 Å². The highest BCUT2D eigenvalue weighted by molar-refractivity contribution is 5.25. The molecule has 1 saturated heterocycles. The molecule has 1 saturated carbocycles. The highest BCUT2D eigenvalue weighted by Gasteiger charge is 2.42. The molecule has 28 heavy (non-hydrogen) atoms. The summed E-state index contributed by atoms with van der Waals surface area (Å²) in [7, 11) is 0. The highest BCUT2D eigenvalue weighted by Crippen LogP contribution is 2.40. The fourth-order valence-corrected chi connectivity index (χ4v) is 4.51. The second kappa shape index (κ2) is 8.09. The minimum atomic E-state index is -0.924. The number of halogens is 2. The zero-order valence-corrected chi connectivity index (χ0v) is 16.0. The van der Waals surface area contributed by atoms with E-state index in [1.807, 2.05) is 25.1 Å². The van der Waals surface area contributed by atoms with E-state index in [0.717, 1.165) is 24.0 Å². The molecule has 1 aliphatic carbocycles. The largest absolute Gasteiger partial charge is 0.471 e. The molecule has 2 fully saturated rings. The molecular formula is C21H26F2N4O. The van der Waals surface area contributed by atoms with Crippen LogP contribution in [0, 0.1) is 12.7 Å². The van der Waals surface area contributed by atoms with Crippen molar-refractivity contribution in [2.75, 3.05) is 13.1 Å². The van der Waals surface area contributed by atoms with E-state index in [2.05, 4.69) is 15.1 Å². The topological polar surface area (TPSA) is 64.3 Å². The third kappa shape index (κ3) is 4.15. The molecule has 150 valence electrons. The fourth-order valence-electron chi connectivity index (χ4n) is 4.51. The summed E-state index contributed by atoms with van der Waals surface area (Å²) in [6.45, 7) is 2.95. The van der Waals surface area contributed by atoms with Gasteiger partial charge >= 0.3 is 0 Å². The number of alkyl halides is 1. The predicted molar refractivity (Wildman–Crippen MR) is 102 cm³/mol. The molecule has 2 heterocycles. The molecule has 7 heteroatoms. The van der Waals surface area contributed by atoms with Crippen molar-refractivity contribution in [3.8, 4) is 5.88 Å². The third-order valence-electron chi connectivity index (χ3n) is 5.88. The van der Waals surface area contributed by atoms with E-state index < -0.39 is 6.17 Å². The van der Waals surface area contributed by atoms with Crippen LogP contribution in [0.5, 0.6) is 5.88 Å². The zero-order valence-electron chi connectivity index (χ0n) is 16.0. The zero-order chi connectivity index (χ0) is 19.7. The number of likely N-dealkylation sites (tertiary alicyclic amines) is 1. The first-order valence-electron chi connectivity index (χ1n) is 9.83. The molecule has 1 aromatic carbocycles. The lowest BCUT2D eigenvalue weighted by atomic mass is 9.96. The molecule has 1 aromatic heterocycles. The van der Waals surface area contributed by atoms with Crippen molar-refractivity contribution in [3.05, 3.63) is 53.5 Å². The molecule has 0 radical (unpaired) electrons. The Morgan fingerprint density at radius 3 is 2.61 bits per heavy atom. The van der Waals surface area contributed by atoms with Gasteiger partial charge in [0, 0.05) is 30.7 Å².